The first-order valence-corrected chi connectivity index (χ1v) is 10.6. The maximum Gasteiger partial charge on any atom is 0.231 e. The summed E-state index contributed by atoms with van der Waals surface area (Å²) in [5.74, 6) is 0.462. The molecule has 0 saturated heterocycles. The lowest BCUT2D eigenvalue weighted by Crippen LogP contribution is -2.43. The van der Waals surface area contributed by atoms with Gasteiger partial charge in [0.05, 0.1) is 27.7 Å². The molecule has 6 heteroatoms. The van der Waals surface area contributed by atoms with Gasteiger partial charge in [0.25, 0.3) is 0 Å². The second-order valence-corrected chi connectivity index (χ2v) is 8.42. The van der Waals surface area contributed by atoms with Gasteiger partial charge in [0, 0.05) is 24.7 Å². The van der Waals surface area contributed by atoms with Crippen molar-refractivity contribution >= 4 is 27.5 Å². The van der Waals surface area contributed by atoms with Crippen LogP contribution in [0, 0.1) is 0 Å². The number of hydrogen-bond donors (Lipinski definition) is 1. The molecular weight excluding hydrogens is 394 g/mol. The summed E-state index contributed by atoms with van der Waals surface area (Å²) in [6.45, 7) is 2.32. The van der Waals surface area contributed by atoms with Gasteiger partial charge in [-0.1, -0.05) is 48.5 Å². The van der Waals surface area contributed by atoms with Crippen LogP contribution in [-0.4, -0.2) is 23.0 Å². The Kier molecular flexibility index (Phi) is 5.77. The molecule has 1 atom stereocenters. The largest absolute Gasteiger partial charge is 0.481 e. The topological polar surface area (TPSA) is 64.1 Å². The van der Waals surface area contributed by atoms with Gasteiger partial charge in [-0.2, -0.15) is 0 Å². The van der Waals surface area contributed by atoms with Crippen LogP contribution in [-0.2, 0) is 23.2 Å². The summed E-state index contributed by atoms with van der Waals surface area (Å²) < 4.78 is 6.43. The molecule has 1 amide bonds. The van der Waals surface area contributed by atoms with Crippen molar-refractivity contribution in [3.8, 4) is 5.88 Å². The van der Waals surface area contributed by atoms with Gasteiger partial charge in [-0.05, 0) is 30.7 Å². The van der Waals surface area contributed by atoms with Crippen LogP contribution < -0.4 is 10.1 Å². The van der Waals surface area contributed by atoms with Gasteiger partial charge in [-0.15, -0.1) is 11.3 Å². The van der Waals surface area contributed by atoms with E-state index in [0.717, 1.165) is 26.4 Å². The van der Waals surface area contributed by atoms with E-state index in [1.165, 1.54) is 0 Å². The second kappa shape index (κ2) is 8.63. The SMILES string of the molecule is COc1ncccc1CNC(=O)[C@](C)(Cc1nc2ccccc2s1)c1ccccc1. The summed E-state index contributed by atoms with van der Waals surface area (Å²) in [7, 11) is 1.58. The van der Waals surface area contributed by atoms with Crippen LogP contribution >= 0.6 is 11.3 Å². The van der Waals surface area contributed by atoms with Crippen molar-refractivity contribution in [2.24, 2.45) is 0 Å². The molecule has 0 spiro atoms. The normalized spacial score (nSPS) is 13.0. The van der Waals surface area contributed by atoms with Crippen molar-refractivity contribution < 1.29 is 9.53 Å². The van der Waals surface area contributed by atoms with Crippen molar-refractivity contribution in [2.75, 3.05) is 7.11 Å². The number of pyridine rings is 1. The molecule has 1 N–H and O–H groups in total. The van der Waals surface area contributed by atoms with E-state index >= 15 is 0 Å². The van der Waals surface area contributed by atoms with Gasteiger partial charge in [0.1, 0.15) is 0 Å². The number of thiazole rings is 1. The van der Waals surface area contributed by atoms with E-state index in [2.05, 4.69) is 16.4 Å². The Hall–Kier alpha value is -3.25. The van der Waals surface area contributed by atoms with Crippen molar-refractivity contribution in [1.29, 1.82) is 0 Å². The number of ether oxygens (including phenoxy) is 1. The van der Waals surface area contributed by atoms with Crippen LogP contribution in [0.2, 0.25) is 0 Å². The molecule has 0 aliphatic rings. The monoisotopic (exact) mass is 417 g/mol. The molecule has 2 aromatic heterocycles. The number of hydrogen-bond acceptors (Lipinski definition) is 5. The number of amides is 1. The van der Waals surface area contributed by atoms with Crippen molar-refractivity contribution in [3.63, 3.8) is 0 Å². The molecule has 4 rings (SSSR count). The van der Waals surface area contributed by atoms with Crippen LogP contribution in [0.3, 0.4) is 0 Å². The van der Waals surface area contributed by atoms with Crippen LogP contribution in [0.5, 0.6) is 5.88 Å². The standard InChI is InChI=1S/C24H23N3O2S/c1-24(18-10-4-3-5-11-18,15-21-27-19-12-6-7-13-20(19)30-21)23(28)26-16-17-9-8-14-25-22(17)29-2/h3-14H,15-16H2,1-2H3,(H,26,28)/t24-/m1/s1. The highest BCUT2D eigenvalue weighted by molar-refractivity contribution is 7.18. The van der Waals surface area contributed by atoms with Crippen molar-refractivity contribution in [3.05, 3.63) is 89.1 Å². The third kappa shape index (κ3) is 4.04. The molecule has 152 valence electrons. The average molecular weight is 418 g/mol. The van der Waals surface area contributed by atoms with Gasteiger partial charge >= 0.3 is 0 Å². The number of rotatable bonds is 7. The summed E-state index contributed by atoms with van der Waals surface area (Å²) in [5.41, 5.74) is 2.00. The number of fused-ring (bicyclic) bond motifs is 1. The van der Waals surface area contributed by atoms with Gasteiger partial charge in [0.15, 0.2) is 0 Å². The maximum absolute atomic E-state index is 13.5. The quantitative estimate of drug-likeness (QED) is 0.480. The first kappa shape index (κ1) is 20.0. The molecule has 0 aliphatic carbocycles. The van der Waals surface area contributed by atoms with Gasteiger partial charge in [-0.25, -0.2) is 9.97 Å². The summed E-state index contributed by atoms with van der Waals surface area (Å²) in [4.78, 5) is 22.4. The van der Waals surface area contributed by atoms with E-state index in [1.807, 2.05) is 67.6 Å². The number of carbonyl (C=O) groups is 1. The predicted octanol–water partition coefficient (Wildman–Crippen LogP) is 4.52. The Balaban J connectivity index is 1.62. The minimum atomic E-state index is -0.759. The summed E-state index contributed by atoms with van der Waals surface area (Å²) in [6.07, 6.45) is 2.19. The van der Waals surface area contributed by atoms with Gasteiger partial charge in [0.2, 0.25) is 11.8 Å². The Morgan fingerprint density at radius 3 is 2.60 bits per heavy atom. The third-order valence-electron chi connectivity index (χ3n) is 5.24. The van der Waals surface area contributed by atoms with Crippen molar-refractivity contribution in [2.45, 2.75) is 25.3 Å². The van der Waals surface area contributed by atoms with E-state index in [-0.39, 0.29) is 5.91 Å². The van der Waals surface area contributed by atoms with E-state index in [1.54, 1.807) is 24.6 Å². The fraction of sp³-hybridized carbons (Fsp3) is 0.208. The smallest absolute Gasteiger partial charge is 0.231 e. The highest BCUT2D eigenvalue weighted by Gasteiger charge is 2.36. The molecule has 30 heavy (non-hydrogen) atoms. The van der Waals surface area contributed by atoms with E-state index in [0.29, 0.717) is 18.8 Å². The lowest BCUT2D eigenvalue weighted by molar-refractivity contribution is -0.126. The summed E-state index contributed by atoms with van der Waals surface area (Å²) >= 11 is 1.64. The molecule has 0 bridgehead atoms. The molecule has 0 saturated carbocycles. The van der Waals surface area contributed by atoms with Crippen LogP contribution in [0.4, 0.5) is 0 Å². The molecular formula is C24H23N3O2S. The number of benzene rings is 2. The Labute approximate surface area is 179 Å². The number of carbonyl (C=O) groups excluding carboxylic acids is 1. The molecule has 5 nitrogen and oxygen atoms in total. The number of para-hydroxylation sites is 1. The first-order chi connectivity index (χ1) is 14.6. The maximum atomic E-state index is 13.5. The molecule has 4 aromatic rings. The fourth-order valence-corrected chi connectivity index (χ4v) is 4.65. The van der Waals surface area contributed by atoms with E-state index in [4.69, 9.17) is 9.72 Å². The van der Waals surface area contributed by atoms with Gasteiger partial charge < -0.3 is 10.1 Å². The summed E-state index contributed by atoms with van der Waals surface area (Å²) in [6, 6.07) is 21.7. The minimum absolute atomic E-state index is 0.0566. The first-order valence-electron chi connectivity index (χ1n) is 9.76. The Morgan fingerprint density at radius 1 is 1.07 bits per heavy atom. The zero-order valence-electron chi connectivity index (χ0n) is 17.0. The number of nitrogens with zero attached hydrogens (tertiary/aromatic N) is 2. The lowest BCUT2D eigenvalue weighted by atomic mass is 9.78. The summed E-state index contributed by atoms with van der Waals surface area (Å²) in [5, 5.41) is 4.03. The van der Waals surface area contributed by atoms with E-state index < -0.39 is 5.41 Å². The molecule has 0 radical (unpaired) electrons. The second-order valence-electron chi connectivity index (χ2n) is 7.30. The highest BCUT2D eigenvalue weighted by Crippen LogP contribution is 2.32. The number of aromatic nitrogens is 2. The number of methoxy groups -OCH3 is 1. The van der Waals surface area contributed by atoms with Crippen molar-refractivity contribution in [1.82, 2.24) is 15.3 Å². The van der Waals surface area contributed by atoms with Crippen LogP contribution in [0.1, 0.15) is 23.1 Å². The van der Waals surface area contributed by atoms with Crippen LogP contribution in [0.15, 0.2) is 72.9 Å². The Bertz CT molecular complexity index is 1130. The fourth-order valence-electron chi connectivity index (χ4n) is 3.53. The third-order valence-corrected chi connectivity index (χ3v) is 6.27. The van der Waals surface area contributed by atoms with Crippen LogP contribution in [0.25, 0.3) is 10.2 Å². The van der Waals surface area contributed by atoms with E-state index in [9.17, 15) is 4.79 Å². The molecule has 0 fully saturated rings. The molecule has 2 heterocycles. The average Bonchev–Trinajstić information content (AvgIpc) is 3.20. The number of nitrogens with one attached hydrogen (secondary N) is 1. The lowest BCUT2D eigenvalue weighted by Gasteiger charge is -2.28. The highest BCUT2D eigenvalue weighted by atomic mass is 32.1. The minimum Gasteiger partial charge on any atom is -0.481 e. The predicted molar refractivity (Wildman–Crippen MR) is 120 cm³/mol. The zero-order chi connectivity index (χ0) is 21.0. The molecule has 2 aromatic carbocycles. The molecule has 0 unspecified atom stereocenters. The Morgan fingerprint density at radius 2 is 1.83 bits per heavy atom. The molecule has 0 aliphatic heterocycles. The van der Waals surface area contributed by atoms with Gasteiger partial charge in [-0.3, -0.25) is 4.79 Å². The zero-order valence-corrected chi connectivity index (χ0v) is 17.8.